The maximum atomic E-state index is 13.2. The Morgan fingerprint density at radius 3 is 2.25 bits per heavy atom. The molecule has 5 aliphatic rings. The second kappa shape index (κ2) is 12.8. The van der Waals surface area contributed by atoms with Crippen LogP contribution in [-0.4, -0.2) is 88.9 Å². The van der Waals surface area contributed by atoms with Crippen LogP contribution in [0.25, 0.3) is 44.3 Å². The SMILES string of the molecule is O=C(C1CCCO1)N1CCCC2(c3nc4ccc(-c5ccc(-c6ccc7nc(C8CCCN8CS(=O)C8CCCO8)[nH]c7c6)cc5)cc4[nH]3)SC12. The first-order valence-electron chi connectivity index (χ1n) is 18.5. The molecule has 0 aliphatic carbocycles. The number of benzene rings is 3. The van der Waals surface area contributed by atoms with E-state index in [1.807, 2.05) is 11.8 Å². The minimum atomic E-state index is -1.01. The number of rotatable bonds is 8. The third-order valence-corrected chi connectivity index (χ3v) is 14.7. The number of aromatic nitrogens is 4. The molecule has 5 fully saturated rings. The van der Waals surface area contributed by atoms with Gasteiger partial charge in [0.2, 0.25) is 0 Å². The number of aromatic amines is 2. The minimum absolute atomic E-state index is 0.129. The maximum Gasteiger partial charge on any atom is 0.252 e. The van der Waals surface area contributed by atoms with Crippen LogP contribution in [-0.2, 0) is 29.8 Å². The molecule has 10 nitrogen and oxygen atoms in total. The van der Waals surface area contributed by atoms with Crippen molar-refractivity contribution in [1.82, 2.24) is 29.7 Å². The summed E-state index contributed by atoms with van der Waals surface area (Å²) in [7, 11) is -1.01. The molecule has 264 valence electrons. The molecule has 5 saturated heterocycles. The summed E-state index contributed by atoms with van der Waals surface area (Å²) in [5, 5.41) is 0.133. The standard InChI is InChI=1S/C39H42N6O4S2/c46-36(33-6-2-19-48-33)45-18-4-16-39(38(45)50-39)37-42-29-15-13-27(22-31(29)43-37)25-10-8-24(9-11-25)26-12-14-28-30(21-26)41-35(40-28)32-5-1-17-44(32)23-51(47)34-7-3-20-49-34/h8-15,21-22,32-34,38H,1-7,16-20,23H2,(H,40,41)(H,42,43). The molecular weight excluding hydrogens is 681 g/mol. The van der Waals surface area contributed by atoms with Gasteiger partial charge in [0.15, 0.2) is 0 Å². The normalized spacial score (nSPS) is 28.5. The number of imidazole rings is 2. The highest BCUT2D eigenvalue weighted by atomic mass is 32.2. The molecule has 3 aromatic carbocycles. The third kappa shape index (κ3) is 5.74. The van der Waals surface area contributed by atoms with Gasteiger partial charge < -0.3 is 24.3 Å². The van der Waals surface area contributed by atoms with Gasteiger partial charge in [-0.3, -0.25) is 13.9 Å². The van der Waals surface area contributed by atoms with Crippen LogP contribution in [0.4, 0.5) is 0 Å². The number of ether oxygens (including phenoxy) is 2. The molecule has 0 bridgehead atoms. The summed E-state index contributed by atoms with van der Waals surface area (Å²) in [5.41, 5.74) is 8.38. The van der Waals surface area contributed by atoms with Crippen LogP contribution in [0.3, 0.4) is 0 Å². The van der Waals surface area contributed by atoms with Gasteiger partial charge in [-0.25, -0.2) is 9.97 Å². The molecule has 12 heteroatoms. The van der Waals surface area contributed by atoms with Crippen LogP contribution in [0.5, 0.6) is 0 Å². The summed E-state index contributed by atoms with van der Waals surface area (Å²) in [6.45, 7) is 3.14. The minimum Gasteiger partial charge on any atom is -0.368 e. The number of carbonyl (C=O) groups excluding carboxylic acids is 1. The predicted molar refractivity (Wildman–Crippen MR) is 200 cm³/mol. The third-order valence-electron chi connectivity index (χ3n) is 11.5. The first-order valence-corrected chi connectivity index (χ1v) is 20.7. The highest BCUT2D eigenvalue weighted by molar-refractivity contribution is 8.08. The van der Waals surface area contributed by atoms with Crippen molar-refractivity contribution in [1.29, 1.82) is 0 Å². The molecule has 5 aromatic rings. The number of nitrogens with zero attached hydrogens (tertiary/aromatic N) is 4. The van der Waals surface area contributed by atoms with Crippen molar-refractivity contribution in [3.8, 4) is 22.3 Å². The Bertz CT molecular complexity index is 2140. The largest absolute Gasteiger partial charge is 0.368 e. The molecule has 1 amide bonds. The molecule has 6 atom stereocenters. The lowest BCUT2D eigenvalue weighted by molar-refractivity contribution is -0.142. The fraction of sp³-hybridized carbons (Fsp3) is 0.462. The summed E-state index contributed by atoms with van der Waals surface area (Å²) in [5.74, 6) is 2.63. The molecule has 7 heterocycles. The monoisotopic (exact) mass is 722 g/mol. The Hall–Kier alpha value is -3.55. The Kier molecular flexibility index (Phi) is 8.09. The quantitative estimate of drug-likeness (QED) is 0.168. The van der Waals surface area contributed by atoms with Crippen molar-refractivity contribution in [2.24, 2.45) is 0 Å². The summed E-state index contributed by atoms with van der Waals surface area (Å²) in [6, 6.07) is 21.7. The fourth-order valence-corrected chi connectivity index (χ4v) is 11.6. The van der Waals surface area contributed by atoms with Gasteiger partial charge >= 0.3 is 0 Å². The van der Waals surface area contributed by atoms with E-state index in [0.717, 1.165) is 127 Å². The average molecular weight is 723 g/mol. The van der Waals surface area contributed by atoms with Gasteiger partial charge in [0.25, 0.3) is 5.91 Å². The van der Waals surface area contributed by atoms with E-state index in [9.17, 15) is 9.00 Å². The Morgan fingerprint density at radius 1 is 0.824 bits per heavy atom. The van der Waals surface area contributed by atoms with Gasteiger partial charge in [0.1, 0.15) is 33.3 Å². The number of H-pyrrole nitrogens is 2. The molecule has 0 radical (unpaired) electrons. The molecular formula is C39H42N6O4S2. The summed E-state index contributed by atoms with van der Waals surface area (Å²) < 4.78 is 24.2. The number of nitrogens with one attached hydrogen (secondary N) is 2. The van der Waals surface area contributed by atoms with E-state index in [-0.39, 0.29) is 33.6 Å². The predicted octanol–water partition coefficient (Wildman–Crippen LogP) is 6.82. The highest BCUT2D eigenvalue weighted by Crippen LogP contribution is 2.66. The molecule has 2 aromatic heterocycles. The van der Waals surface area contributed by atoms with Crippen molar-refractivity contribution < 1.29 is 18.5 Å². The summed E-state index contributed by atoms with van der Waals surface area (Å²) in [4.78, 5) is 34.9. The Labute approximate surface area is 303 Å². The number of piperidine rings is 1. The lowest BCUT2D eigenvalue weighted by Crippen LogP contribution is -2.46. The number of thioether (sulfide) groups is 1. The van der Waals surface area contributed by atoms with Crippen LogP contribution in [0.15, 0.2) is 60.7 Å². The van der Waals surface area contributed by atoms with Crippen molar-refractivity contribution >= 4 is 50.5 Å². The lowest BCUT2D eigenvalue weighted by Gasteiger charge is -2.31. The lowest BCUT2D eigenvalue weighted by atomic mass is 9.96. The first kappa shape index (κ1) is 32.1. The Morgan fingerprint density at radius 2 is 1.53 bits per heavy atom. The van der Waals surface area contributed by atoms with Crippen molar-refractivity contribution in [2.45, 2.75) is 79.1 Å². The summed E-state index contributed by atoms with van der Waals surface area (Å²) in [6.07, 6.45) is 7.50. The van der Waals surface area contributed by atoms with Crippen LogP contribution >= 0.6 is 11.8 Å². The zero-order valence-corrected chi connectivity index (χ0v) is 30.1. The molecule has 0 spiro atoms. The average Bonchev–Trinajstić information content (AvgIpc) is 3.88. The van der Waals surface area contributed by atoms with Crippen molar-refractivity contribution in [3.05, 3.63) is 72.3 Å². The second-order valence-electron chi connectivity index (χ2n) is 14.7. The molecule has 10 rings (SSSR count). The van der Waals surface area contributed by atoms with E-state index in [2.05, 4.69) is 80.4 Å². The van der Waals surface area contributed by atoms with Gasteiger partial charge in [0, 0.05) is 19.8 Å². The van der Waals surface area contributed by atoms with Gasteiger partial charge in [-0.1, -0.05) is 36.4 Å². The van der Waals surface area contributed by atoms with E-state index < -0.39 is 10.8 Å². The second-order valence-corrected chi connectivity index (χ2v) is 17.6. The number of fused-ring (bicyclic) bond motifs is 3. The van der Waals surface area contributed by atoms with Gasteiger partial charge in [0.05, 0.1) is 44.8 Å². The van der Waals surface area contributed by atoms with Crippen molar-refractivity contribution in [2.75, 3.05) is 32.2 Å². The zero-order valence-electron chi connectivity index (χ0n) is 28.5. The highest BCUT2D eigenvalue weighted by Gasteiger charge is 2.64. The number of hydrogen-bond donors (Lipinski definition) is 2. The molecule has 51 heavy (non-hydrogen) atoms. The van der Waals surface area contributed by atoms with E-state index in [1.165, 1.54) is 0 Å². The maximum absolute atomic E-state index is 13.2. The van der Waals surface area contributed by atoms with E-state index >= 15 is 0 Å². The number of amides is 1. The molecule has 6 unspecified atom stereocenters. The Balaban J connectivity index is 0.845. The first-order chi connectivity index (χ1) is 25.0. The van der Waals surface area contributed by atoms with E-state index in [0.29, 0.717) is 12.5 Å². The van der Waals surface area contributed by atoms with Crippen LogP contribution < -0.4 is 0 Å². The number of likely N-dealkylation sites (tertiary alicyclic amines) is 2. The topological polar surface area (TPSA) is 116 Å². The molecule has 2 N–H and O–H groups in total. The molecule has 0 saturated carbocycles. The van der Waals surface area contributed by atoms with E-state index in [1.54, 1.807) is 0 Å². The van der Waals surface area contributed by atoms with E-state index in [4.69, 9.17) is 19.4 Å². The fourth-order valence-electron chi connectivity index (χ4n) is 8.67. The molecule has 5 aliphatic heterocycles. The smallest absolute Gasteiger partial charge is 0.252 e. The van der Waals surface area contributed by atoms with Gasteiger partial charge in [-0.2, -0.15) is 0 Å². The summed E-state index contributed by atoms with van der Waals surface area (Å²) >= 11 is 1.86. The van der Waals surface area contributed by atoms with Gasteiger partial charge in [-0.15, -0.1) is 11.8 Å². The van der Waals surface area contributed by atoms with Crippen LogP contribution in [0, 0.1) is 0 Å². The van der Waals surface area contributed by atoms with Crippen LogP contribution in [0.2, 0.25) is 0 Å². The number of carbonyl (C=O) groups is 1. The zero-order chi connectivity index (χ0) is 34.1. The number of hydrogen-bond acceptors (Lipinski definition) is 8. The van der Waals surface area contributed by atoms with Gasteiger partial charge in [-0.05, 0) is 104 Å². The van der Waals surface area contributed by atoms with Crippen LogP contribution in [0.1, 0.15) is 69.1 Å². The van der Waals surface area contributed by atoms with Crippen molar-refractivity contribution in [3.63, 3.8) is 0 Å².